The van der Waals surface area contributed by atoms with Crippen molar-refractivity contribution in [1.82, 2.24) is 29.1 Å². The average Bonchev–Trinajstić information content (AvgIpc) is 2.96. The molecule has 3 heterocycles. The molecule has 86 valence electrons. The van der Waals surface area contributed by atoms with Gasteiger partial charge < -0.3 is 5.73 Å². The topological polar surface area (TPSA) is 86.9 Å². The van der Waals surface area contributed by atoms with Gasteiger partial charge in [-0.1, -0.05) is 0 Å². The van der Waals surface area contributed by atoms with Crippen LogP contribution in [0.15, 0.2) is 31.1 Å². The van der Waals surface area contributed by atoms with Crippen molar-refractivity contribution < 1.29 is 0 Å². The van der Waals surface area contributed by atoms with Crippen LogP contribution in [0.4, 0.5) is 0 Å². The van der Waals surface area contributed by atoms with E-state index in [-0.39, 0.29) is 0 Å². The maximum atomic E-state index is 5.55. The number of hydrogen-bond donors (Lipinski definition) is 1. The SMILES string of the molecule is NCCc1nccn1-c1nccn2cnnc12. The normalized spacial score (nSPS) is 11.1. The number of aromatic nitrogens is 6. The second-order valence-corrected chi connectivity index (χ2v) is 3.56. The molecule has 0 atom stereocenters. The molecule has 3 aromatic heterocycles. The van der Waals surface area contributed by atoms with Gasteiger partial charge in [-0.2, -0.15) is 0 Å². The Kier molecular flexibility index (Phi) is 2.30. The van der Waals surface area contributed by atoms with Crippen molar-refractivity contribution in [2.75, 3.05) is 6.54 Å². The molecule has 0 amide bonds. The van der Waals surface area contributed by atoms with E-state index in [2.05, 4.69) is 20.2 Å². The van der Waals surface area contributed by atoms with Crippen molar-refractivity contribution in [3.05, 3.63) is 36.9 Å². The molecule has 3 aromatic rings. The first-order valence-corrected chi connectivity index (χ1v) is 5.27. The molecule has 0 aliphatic rings. The van der Waals surface area contributed by atoms with Gasteiger partial charge in [0.05, 0.1) is 0 Å². The summed E-state index contributed by atoms with van der Waals surface area (Å²) in [5.74, 6) is 1.59. The van der Waals surface area contributed by atoms with Crippen molar-refractivity contribution >= 4 is 5.65 Å². The van der Waals surface area contributed by atoms with Gasteiger partial charge in [-0.3, -0.25) is 8.97 Å². The largest absolute Gasteiger partial charge is 0.330 e. The Bertz CT molecular complexity index is 639. The molecule has 0 aliphatic heterocycles. The molecule has 0 saturated carbocycles. The number of nitrogens with two attached hydrogens (primary N) is 1. The van der Waals surface area contributed by atoms with Gasteiger partial charge in [0.25, 0.3) is 0 Å². The molecule has 0 radical (unpaired) electrons. The zero-order valence-electron chi connectivity index (χ0n) is 9.06. The molecule has 3 rings (SSSR count). The summed E-state index contributed by atoms with van der Waals surface area (Å²) in [7, 11) is 0. The van der Waals surface area contributed by atoms with E-state index in [1.54, 1.807) is 24.9 Å². The standard InChI is InChI=1S/C10H11N7/c11-2-1-8-12-4-6-17(8)9-10-15-14-7-16(10)5-3-13-9/h3-7H,1-2,11H2. The molecule has 2 N–H and O–H groups in total. The molecular formula is C10H11N7. The van der Waals surface area contributed by atoms with E-state index in [1.807, 2.05) is 15.2 Å². The minimum absolute atomic E-state index is 0.548. The Balaban J connectivity index is 2.20. The summed E-state index contributed by atoms with van der Waals surface area (Å²) in [5.41, 5.74) is 6.25. The van der Waals surface area contributed by atoms with E-state index in [9.17, 15) is 0 Å². The lowest BCUT2D eigenvalue weighted by atomic mass is 10.4. The van der Waals surface area contributed by atoms with E-state index in [0.29, 0.717) is 24.4 Å². The third kappa shape index (κ3) is 1.56. The maximum Gasteiger partial charge on any atom is 0.204 e. The Hall–Kier alpha value is -2.28. The minimum Gasteiger partial charge on any atom is -0.330 e. The first-order valence-electron chi connectivity index (χ1n) is 5.27. The molecular weight excluding hydrogens is 218 g/mol. The van der Waals surface area contributed by atoms with Gasteiger partial charge in [-0.25, -0.2) is 9.97 Å². The highest BCUT2D eigenvalue weighted by atomic mass is 15.3. The van der Waals surface area contributed by atoms with Crippen LogP contribution in [-0.2, 0) is 6.42 Å². The molecule has 0 unspecified atom stereocenters. The Morgan fingerprint density at radius 3 is 2.94 bits per heavy atom. The fourth-order valence-corrected chi connectivity index (χ4v) is 1.76. The smallest absolute Gasteiger partial charge is 0.204 e. The van der Waals surface area contributed by atoms with E-state index in [0.717, 1.165) is 5.82 Å². The van der Waals surface area contributed by atoms with Crippen LogP contribution in [0.1, 0.15) is 5.82 Å². The van der Waals surface area contributed by atoms with Crippen molar-refractivity contribution in [3.8, 4) is 5.82 Å². The lowest BCUT2D eigenvalue weighted by Crippen LogP contribution is -2.10. The molecule has 7 heteroatoms. The van der Waals surface area contributed by atoms with Gasteiger partial charge in [0.1, 0.15) is 12.2 Å². The molecule has 7 nitrogen and oxygen atoms in total. The molecule has 0 bridgehead atoms. The van der Waals surface area contributed by atoms with Crippen LogP contribution in [0.25, 0.3) is 11.5 Å². The second-order valence-electron chi connectivity index (χ2n) is 3.56. The maximum absolute atomic E-state index is 5.55. The summed E-state index contributed by atoms with van der Waals surface area (Å²) in [6, 6.07) is 0. The van der Waals surface area contributed by atoms with Gasteiger partial charge in [0.2, 0.25) is 5.65 Å². The van der Waals surface area contributed by atoms with Crippen LogP contribution < -0.4 is 5.73 Å². The van der Waals surface area contributed by atoms with E-state index in [1.165, 1.54) is 0 Å². The lowest BCUT2D eigenvalue weighted by molar-refractivity contribution is 0.821. The van der Waals surface area contributed by atoms with Crippen LogP contribution in [0.3, 0.4) is 0 Å². The van der Waals surface area contributed by atoms with Gasteiger partial charge in [0.15, 0.2) is 5.82 Å². The number of rotatable bonds is 3. The summed E-state index contributed by atoms with van der Waals surface area (Å²) in [4.78, 5) is 8.58. The first-order chi connectivity index (χ1) is 8.40. The molecule has 0 fully saturated rings. The summed E-state index contributed by atoms with van der Waals surface area (Å²) in [6.07, 6.45) is 9.43. The number of fused-ring (bicyclic) bond motifs is 1. The number of hydrogen-bond acceptors (Lipinski definition) is 5. The van der Waals surface area contributed by atoms with Crippen LogP contribution in [0.2, 0.25) is 0 Å². The number of imidazole rings is 1. The quantitative estimate of drug-likeness (QED) is 0.672. The van der Waals surface area contributed by atoms with Crippen LogP contribution in [0, 0.1) is 0 Å². The van der Waals surface area contributed by atoms with Gasteiger partial charge >= 0.3 is 0 Å². The summed E-state index contributed by atoms with van der Waals surface area (Å²) in [5, 5.41) is 7.91. The van der Waals surface area contributed by atoms with E-state index >= 15 is 0 Å². The molecule has 0 saturated heterocycles. The zero-order chi connectivity index (χ0) is 11.7. The number of nitrogens with zero attached hydrogens (tertiary/aromatic N) is 6. The van der Waals surface area contributed by atoms with Crippen LogP contribution >= 0.6 is 0 Å². The summed E-state index contributed by atoms with van der Waals surface area (Å²) in [6.45, 7) is 0.548. The van der Waals surface area contributed by atoms with Gasteiger partial charge in [-0.05, 0) is 6.54 Å². The monoisotopic (exact) mass is 229 g/mol. The Morgan fingerprint density at radius 1 is 1.18 bits per heavy atom. The van der Waals surface area contributed by atoms with Crippen molar-refractivity contribution in [2.45, 2.75) is 6.42 Å². The molecule has 0 aromatic carbocycles. The molecule has 0 aliphatic carbocycles. The third-order valence-electron chi connectivity index (χ3n) is 2.51. The second kappa shape index (κ2) is 3.95. The zero-order valence-corrected chi connectivity index (χ0v) is 9.06. The highest BCUT2D eigenvalue weighted by molar-refractivity contribution is 5.53. The molecule has 17 heavy (non-hydrogen) atoms. The van der Waals surface area contributed by atoms with Gasteiger partial charge in [-0.15, -0.1) is 10.2 Å². The highest BCUT2D eigenvalue weighted by Crippen LogP contribution is 2.12. The first kappa shape index (κ1) is 9.91. The fraction of sp³-hybridized carbons (Fsp3) is 0.200. The third-order valence-corrected chi connectivity index (χ3v) is 2.51. The minimum atomic E-state index is 0.548. The van der Waals surface area contributed by atoms with Gasteiger partial charge in [0, 0.05) is 31.2 Å². The van der Waals surface area contributed by atoms with Crippen molar-refractivity contribution in [1.29, 1.82) is 0 Å². The predicted molar refractivity (Wildman–Crippen MR) is 60.7 cm³/mol. The fourth-order valence-electron chi connectivity index (χ4n) is 1.76. The van der Waals surface area contributed by atoms with E-state index < -0.39 is 0 Å². The molecule has 0 spiro atoms. The Morgan fingerprint density at radius 2 is 2.06 bits per heavy atom. The van der Waals surface area contributed by atoms with Crippen molar-refractivity contribution in [3.63, 3.8) is 0 Å². The highest BCUT2D eigenvalue weighted by Gasteiger charge is 2.10. The van der Waals surface area contributed by atoms with Crippen LogP contribution in [0.5, 0.6) is 0 Å². The van der Waals surface area contributed by atoms with E-state index in [4.69, 9.17) is 5.73 Å². The predicted octanol–water partition coefficient (Wildman–Crippen LogP) is -0.189. The van der Waals surface area contributed by atoms with Crippen molar-refractivity contribution in [2.24, 2.45) is 5.73 Å². The average molecular weight is 229 g/mol. The lowest BCUT2D eigenvalue weighted by Gasteiger charge is -2.06. The summed E-state index contributed by atoms with van der Waals surface area (Å²) < 4.78 is 3.70. The van der Waals surface area contributed by atoms with Crippen LogP contribution in [-0.4, -0.2) is 35.7 Å². The Labute approximate surface area is 96.9 Å². The summed E-state index contributed by atoms with van der Waals surface area (Å²) >= 11 is 0.